The summed E-state index contributed by atoms with van der Waals surface area (Å²) in [5.41, 5.74) is -2.69. The minimum Gasteiger partial charge on any atom is -0.335 e. The molecule has 2 atom stereocenters. The van der Waals surface area contributed by atoms with E-state index >= 15 is 0 Å². The lowest BCUT2D eigenvalue weighted by Gasteiger charge is -2.31. The van der Waals surface area contributed by atoms with E-state index in [1.807, 2.05) is 0 Å². The molecule has 2 amide bonds. The van der Waals surface area contributed by atoms with Crippen LogP contribution in [0.25, 0.3) is 5.65 Å². The molecular formula is C17H17ClF5N5O. The number of hydrogen-bond acceptors (Lipinski definition) is 3. The third-order valence-corrected chi connectivity index (χ3v) is 5.75. The standard InChI is InChI=1S/C17H17ClF5N5O/c1-15(17(21,22)23)8-27(14(29)25-9-3-2-4-16(19,20)6-9)10-7-24-12-5-11(18)26-28(12)13(10)15/h5,7,9H,2-4,6,8H2,1H3,(H,25,29)/t9?,15-/m1/s1. The summed E-state index contributed by atoms with van der Waals surface area (Å²) in [6, 6.07) is -0.379. The highest BCUT2D eigenvalue weighted by atomic mass is 35.5. The van der Waals surface area contributed by atoms with Crippen LogP contribution < -0.4 is 10.2 Å². The van der Waals surface area contributed by atoms with Crippen molar-refractivity contribution in [2.75, 3.05) is 11.4 Å². The second kappa shape index (κ2) is 6.41. The first-order valence-electron chi connectivity index (χ1n) is 8.99. The summed E-state index contributed by atoms with van der Waals surface area (Å²) in [5.74, 6) is -2.90. The van der Waals surface area contributed by atoms with E-state index in [1.165, 1.54) is 6.07 Å². The van der Waals surface area contributed by atoms with Gasteiger partial charge in [0, 0.05) is 31.5 Å². The van der Waals surface area contributed by atoms with Gasteiger partial charge >= 0.3 is 12.2 Å². The van der Waals surface area contributed by atoms with E-state index in [2.05, 4.69) is 15.4 Å². The molecule has 158 valence electrons. The van der Waals surface area contributed by atoms with Gasteiger partial charge in [-0.1, -0.05) is 11.6 Å². The number of aromatic nitrogens is 3. The molecule has 3 heterocycles. The quantitative estimate of drug-likeness (QED) is 0.676. The number of urea groups is 1. The number of alkyl halides is 5. The second-order valence-corrected chi connectivity index (χ2v) is 8.13. The Morgan fingerprint density at radius 1 is 1.38 bits per heavy atom. The normalized spacial score (nSPS) is 26.6. The summed E-state index contributed by atoms with van der Waals surface area (Å²) in [5, 5.41) is 6.30. The SMILES string of the molecule is C[C@@]1(C(F)(F)F)CN(C(=O)NC2CCCC(F)(F)C2)c2cnc3cc(Cl)nn3c21. The molecule has 29 heavy (non-hydrogen) atoms. The van der Waals surface area contributed by atoms with Crippen LogP contribution in [0.1, 0.15) is 38.3 Å². The zero-order chi connectivity index (χ0) is 21.2. The number of hydrogen-bond donors (Lipinski definition) is 1. The average molecular weight is 438 g/mol. The molecule has 4 rings (SSSR count). The Morgan fingerprint density at radius 2 is 2.10 bits per heavy atom. The molecule has 0 saturated heterocycles. The molecule has 1 fully saturated rings. The van der Waals surface area contributed by atoms with Crippen LogP contribution in [0.3, 0.4) is 0 Å². The molecule has 1 saturated carbocycles. The molecule has 12 heteroatoms. The van der Waals surface area contributed by atoms with Crippen molar-refractivity contribution in [1.29, 1.82) is 0 Å². The van der Waals surface area contributed by atoms with Crippen LogP contribution in [0.15, 0.2) is 12.3 Å². The molecule has 2 aromatic heterocycles. The Hall–Kier alpha value is -2.17. The van der Waals surface area contributed by atoms with Crippen molar-refractivity contribution >= 4 is 29.0 Å². The van der Waals surface area contributed by atoms with Crippen LogP contribution >= 0.6 is 11.6 Å². The van der Waals surface area contributed by atoms with Crippen molar-refractivity contribution in [2.24, 2.45) is 0 Å². The lowest BCUT2D eigenvalue weighted by molar-refractivity contribution is -0.181. The zero-order valence-electron chi connectivity index (χ0n) is 15.2. The maximum Gasteiger partial charge on any atom is 0.401 e. The molecule has 0 radical (unpaired) electrons. The van der Waals surface area contributed by atoms with Crippen molar-refractivity contribution in [3.8, 4) is 0 Å². The number of carbonyl (C=O) groups is 1. The molecule has 1 aliphatic carbocycles. The van der Waals surface area contributed by atoms with Crippen LogP contribution in [0.2, 0.25) is 5.15 Å². The smallest absolute Gasteiger partial charge is 0.335 e. The van der Waals surface area contributed by atoms with Gasteiger partial charge in [-0.15, -0.1) is 0 Å². The Bertz CT molecular complexity index is 977. The van der Waals surface area contributed by atoms with Crippen molar-refractivity contribution in [1.82, 2.24) is 19.9 Å². The number of carbonyl (C=O) groups excluding carboxylic acids is 1. The lowest BCUT2D eigenvalue weighted by atomic mass is 9.87. The number of rotatable bonds is 1. The van der Waals surface area contributed by atoms with E-state index in [-0.39, 0.29) is 35.0 Å². The van der Waals surface area contributed by atoms with Crippen LogP contribution in [0.5, 0.6) is 0 Å². The highest BCUT2D eigenvalue weighted by Crippen LogP contribution is 2.50. The fourth-order valence-electron chi connectivity index (χ4n) is 4.04. The van der Waals surface area contributed by atoms with Crippen LogP contribution in [0, 0.1) is 0 Å². The fraction of sp³-hybridized carbons (Fsp3) is 0.588. The van der Waals surface area contributed by atoms with Crippen LogP contribution in [0.4, 0.5) is 32.4 Å². The Morgan fingerprint density at radius 3 is 2.76 bits per heavy atom. The Kier molecular flexibility index (Phi) is 4.45. The van der Waals surface area contributed by atoms with Gasteiger partial charge in [0.2, 0.25) is 5.92 Å². The molecule has 0 bridgehead atoms. The van der Waals surface area contributed by atoms with Gasteiger partial charge in [0.15, 0.2) is 10.8 Å². The van der Waals surface area contributed by atoms with Crippen molar-refractivity contribution in [2.45, 2.75) is 56.2 Å². The Balaban J connectivity index is 1.72. The van der Waals surface area contributed by atoms with E-state index in [0.29, 0.717) is 6.42 Å². The molecule has 0 spiro atoms. The van der Waals surface area contributed by atoms with E-state index in [1.54, 1.807) is 0 Å². The number of amides is 2. The average Bonchev–Trinajstić information content (AvgIpc) is 3.11. The van der Waals surface area contributed by atoms with E-state index in [0.717, 1.165) is 22.5 Å². The van der Waals surface area contributed by atoms with Gasteiger partial charge in [0.05, 0.1) is 17.6 Å². The van der Waals surface area contributed by atoms with Gasteiger partial charge < -0.3 is 5.32 Å². The minimum atomic E-state index is -4.71. The highest BCUT2D eigenvalue weighted by Gasteiger charge is 2.60. The Labute approximate surface area is 167 Å². The molecule has 2 aromatic rings. The number of halogens is 6. The van der Waals surface area contributed by atoms with Gasteiger partial charge in [-0.3, -0.25) is 4.90 Å². The molecule has 6 nitrogen and oxygen atoms in total. The molecule has 1 N–H and O–H groups in total. The predicted molar refractivity (Wildman–Crippen MR) is 94.5 cm³/mol. The number of nitrogens with one attached hydrogen (secondary N) is 1. The minimum absolute atomic E-state index is 0.0391. The summed E-state index contributed by atoms with van der Waals surface area (Å²) in [7, 11) is 0. The van der Waals surface area contributed by atoms with Gasteiger partial charge in [-0.05, 0) is 19.8 Å². The highest BCUT2D eigenvalue weighted by molar-refractivity contribution is 6.29. The predicted octanol–water partition coefficient (Wildman–Crippen LogP) is 4.31. The van der Waals surface area contributed by atoms with Crippen molar-refractivity contribution < 1.29 is 26.7 Å². The summed E-state index contributed by atoms with van der Waals surface area (Å²) in [6.45, 7) is 0.238. The van der Waals surface area contributed by atoms with Crippen molar-refractivity contribution in [3.05, 3.63) is 23.1 Å². The summed E-state index contributed by atoms with van der Waals surface area (Å²) < 4.78 is 70.2. The van der Waals surface area contributed by atoms with Crippen LogP contribution in [-0.4, -0.2) is 45.3 Å². The van der Waals surface area contributed by atoms with Gasteiger partial charge in [-0.25, -0.2) is 23.1 Å². The first-order chi connectivity index (χ1) is 13.4. The molecule has 1 unspecified atom stereocenters. The monoisotopic (exact) mass is 437 g/mol. The fourth-order valence-corrected chi connectivity index (χ4v) is 4.21. The van der Waals surface area contributed by atoms with Gasteiger partial charge in [0.25, 0.3) is 0 Å². The maximum atomic E-state index is 14.0. The number of fused-ring (bicyclic) bond motifs is 3. The largest absolute Gasteiger partial charge is 0.401 e. The number of nitrogens with zero attached hydrogens (tertiary/aromatic N) is 4. The molecule has 2 aliphatic rings. The number of anilines is 1. The van der Waals surface area contributed by atoms with E-state index in [4.69, 9.17) is 11.6 Å². The van der Waals surface area contributed by atoms with E-state index < -0.39 is 42.6 Å². The summed E-state index contributed by atoms with van der Waals surface area (Å²) >= 11 is 5.83. The topological polar surface area (TPSA) is 62.5 Å². The zero-order valence-corrected chi connectivity index (χ0v) is 16.0. The summed E-state index contributed by atoms with van der Waals surface area (Å²) in [6.07, 6.45) is -3.80. The maximum absolute atomic E-state index is 14.0. The first-order valence-corrected chi connectivity index (χ1v) is 9.36. The van der Waals surface area contributed by atoms with E-state index in [9.17, 15) is 26.7 Å². The molecule has 0 aromatic carbocycles. The van der Waals surface area contributed by atoms with Gasteiger partial charge in [0.1, 0.15) is 5.41 Å². The summed E-state index contributed by atoms with van der Waals surface area (Å²) in [4.78, 5) is 17.7. The molecular weight excluding hydrogens is 421 g/mol. The first kappa shape index (κ1) is 20.1. The third-order valence-electron chi connectivity index (χ3n) is 5.56. The van der Waals surface area contributed by atoms with Crippen molar-refractivity contribution in [3.63, 3.8) is 0 Å². The third kappa shape index (κ3) is 3.28. The second-order valence-electron chi connectivity index (χ2n) is 7.74. The van der Waals surface area contributed by atoms with Crippen LogP contribution in [-0.2, 0) is 5.41 Å². The van der Waals surface area contributed by atoms with Gasteiger partial charge in [-0.2, -0.15) is 18.3 Å². The molecule has 1 aliphatic heterocycles. The lowest BCUT2D eigenvalue weighted by Crippen LogP contribution is -2.51.